The molecule has 0 aliphatic heterocycles. The van der Waals surface area contributed by atoms with Gasteiger partial charge < -0.3 is 5.73 Å². The molecule has 68 valence electrons. The number of nitrogens with zero attached hydrogens (tertiary/aromatic N) is 2. The van der Waals surface area contributed by atoms with Crippen molar-refractivity contribution < 1.29 is 0 Å². The largest absolute Gasteiger partial charge is 0.328 e. The molecule has 1 atom stereocenters. The van der Waals surface area contributed by atoms with Gasteiger partial charge in [0, 0.05) is 18.3 Å². The SMILES string of the molecule is CC(C)n1cc(C[C@H](C)N)cn1. The van der Waals surface area contributed by atoms with Crippen LogP contribution in [0.1, 0.15) is 32.4 Å². The van der Waals surface area contributed by atoms with Gasteiger partial charge in [-0.2, -0.15) is 5.10 Å². The summed E-state index contributed by atoms with van der Waals surface area (Å²) in [6.07, 6.45) is 4.87. The first-order valence-electron chi connectivity index (χ1n) is 4.38. The molecule has 0 saturated carbocycles. The topological polar surface area (TPSA) is 43.8 Å². The second kappa shape index (κ2) is 3.72. The minimum Gasteiger partial charge on any atom is -0.328 e. The van der Waals surface area contributed by atoms with E-state index < -0.39 is 0 Å². The van der Waals surface area contributed by atoms with E-state index in [2.05, 4.69) is 25.1 Å². The molecule has 0 unspecified atom stereocenters. The Kier molecular flexibility index (Phi) is 2.87. The van der Waals surface area contributed by atoms with Gasteiger partial charge in [-0.15, -0.1) is 0 Å². The van der Waals surface area contributed by atoms with E-state index in [0.717, 1.165) is 6.42 Å². The van der Waals surface area contributed by atoms with Gasteiger partial charge in [0.1, 0.15) is 0 Å². The molecule has 0 aliphatic rings. The maximum Gasteiger partial charge on any atom is 0.0522 e. The minimum absolute atomic E-state index is 0.217. The number of rotatable bonds is 3. The van der Waals surface area contributed by atoms with Gasteiger partial charge in [0.05, 0.1) is 6.20 Å². The third kappa shape index (κ3) is 2.34. The number of hydrogen-bond acceptors (Lipinski definition) is 2. The highest BCUT2D eigenvalue weighted by Crippen LogP contribution is 2.06. The summed E-state index contributed by atoms with van der Waals surface area (Å²) >= 11 is 0. The van der Waals surface area contributed by atoms with E-state index in [1.54, 1.807) is 0 Å². The first-order valence-corrected chi connectivity index (χ1v) is 4.38. The summed E-state index contributed by atoms with van der Waals surface area (Å²) in [7, 11) is 0. The van der Waals surface area contributed by atoms with Crippen LogP contribution in [0.5, 0.6) is 0 Å². The maximum absolute atomic E-state index is 5.67. The Morgan fingerprint density at radius 3 is 2.58 bits per heavy atom. The third-order valence-corrected chi connectivity index (χ3v) is 1.74. The number of nitrogens with two attached hydrogens (primary N) is 1. The Balaban J connectivity index is 2.64. The van der Waals surface area contributed by atoms with Crippen LogP contribution >= 0.6 is 0 Å². The Morgan fingerprint density at radius 2 is 2.17 bits per heavy atom. The van der Waals surface area contributed by atoms with E-state index in [-0.39, 0.29) is 6.04 Å². The summed E-state index contributed by atoms with van der Waals surface area (Å²) in [4.78, 5) is 0. The Bertz CT molecular complexity index is 238. The molecule has 0 fully saturated rings. The normalized spacial score (nSPS) is 13.8. The van der Waals surface area contributed by atoms with Crippen molar-refractivity contribution >= 4 is 0 Å². The highest BCUT2D eigenvalue weighted by molar-refractivity contribution is 5.05. The molecular weight excluding hydrogens is 150 g/mol. The van der Waals surface area contributed by atoms with E-state index in [9.17, 15) is 0 Å². The molecule has 0 spiro atoms. The summed E-state index contributed by atoms with van der Waals surface area (Å²) in [5, 5.41) is 4.23. The van der Waals surface area contributed by atoms with Crippen LogP contribution in [0.2, 0.25) is 0 Å². The maximum atomic E-state index is 5.67. The zero-order chi connectivity index (χ0) is 9.14. The summed E-state index contributed by atoms with van der Waals surface area (Å²) in [6, 6.07) is 0.654. The lowest BCUT2D eigenvalue weighted by atomic mass is 10.1. The summed E-state index contributed by atoms with van der Waals surface area (Å²) in [6.45, 7) is 6.23. The van der Waals surface area contributed by atoms with Crippen molar-refractivity contribution in [1.82, 2.24) is 9.78 Å². The van der Waals surface area contributed by atoms with E-state index in [1.807, 2.05) is 17.8 Å². The first kappa shape index (κ1) is 9.26. The zero-order valence-electron chi connectivity index (χ0n) is 7.99. The second-order valence-corrected chi connectivity index (χ2v) is 3.60. The third-order valence-electron chi connectivity index (χ3n) is 1.74. The Morgan fingerprint density at radius 1 is 1.50 bits per heavy atom. The monoisotopic (exact) mass is 167 g/mol. The molecule has 0 aromatic carbocycles. The first-order chi connectivity index (χ1) is 5.59. The van der Waals surface area contributed by atoms with Crippen LogP contribution in [-0.2, 0) is 6.42 Å². The van der Waals surface area contributed by atoms with Gasteiger partial charge in [-0.25, -0.2) is 0 Å². The molecule has 2 N–H and O–H groups in total. The van der Waals surface area contributed by atoms with Crippen molar-refractivity contribution in [3.8, 4) is 0 Å². The fraction of sp³-hybridized carbons (Fsp3) is 0.667. The lowest BCUT2D eigenvalue weighted by molar-refractivity contribution is 0.532. The van der Waals surface area contributed by atoms with Gasteiger partial charge in [0.25, 0.3) is 0 Å². The van der Waals surface area contributed by atoms with Crippen molar-refractivity contribution in [2.45, 2.75) is 39.3 Å². The van der Waals surface area contributed by atoms with Crippen LogP contribution in [0.15, 0.2) is 12.4 Å². The molecule has 0 aliphatic carbocycles. The van der Waals surface area contributed by atoms with Gasteiger partial charge in [0.2, 0.25) is 0 Å². The highest BCUT2D eigenvalue weighted by Gasteiger charge is 2.02. The Labute approximate surface area is 73.6 Å². The molecule has 12 heavy (non-hydrogen) atoms. The van der Waals surface area contributed by atoms with Gasteiger partial charge in [0.15, 0.2) is 0 Å². The second-order valence-electron chi connectivity index (χ2n) is 3.60. The predicted octanol–water partition coefficient (Wildman–Crippen LogP) is 1.35. The summed E-state index contributed by atoms with van der Waals surface area (Å²) < 4.78 is 1.96. The van der Waals surface area contributed by atoms with E-state index >= 15 is 0 Å². The molecule has 0 bridgehead atoms. The van der Waals surface area contributed by atoms with Crippen LogP contribution in [-0.4, -0.2) is 15.8 Å². The summed E-state index contributed by atoms with van der Waals surface area (Å²) in [5.41, 5.74) is 6.89. The Hall–Kier alpha value is -0.830. The smallest absolute Gasteiger partial charge is 0.0522 e. The fourth-order valence-corrected chi connectivity index (χ4v) is 1.14. The van der Waals surface area contributed by atoms with Crippen LogP contribution in [0, 0.1) is 0 Å². The van der Waals surface area contributed by atoms with E-state index in [1.165, 1.54) is 5.56 Å². The lowest BCUT2D eigenvalue weighted by Gasteiger charge is -2.03. The minimum atomic E-state index is 0.217. The molecule has 1 heterocycles. The zero-order valence-corrected chi connectivity index (χ0v) is 7.99. The lowest BCUT2D eigenvalue weighted by Crippen LogP contribution is -2.17. The van der Waals surface area contributed by atoms with Gasteiger partial charge in [-0.1, -0.05) is 0 Å². The molecular formula is C9H17N3. The predicted molar refractivity (Wildman–Crippen MR) is 50.0 cm³/mol. The van der Waals surface area contributed by atoms with E-state index in [0.29, 0.717) is 6.04 Å². The van der Waals surface area contributed by atoms with E-state index in [4.69, 9.17) is 5.73 Å². The van der Waals surface area contributed by atoms with Crippen molar-refractivity contribution in [2.24, 2.45) is 5.73 Å². The van der Waals surface area contributed by atoms with Crippen molar-refractivity contribution in [1.29, 1.82) is 0 Å². The van der Waals surface area contributed by atoms with Gasteiger partial charge in [-0.05, 0) is 32.8 Å². The molecule has 1 rings (SSSR count). The molecule has 0 amide bonds. The molecule has 1 aromatic rings. The van der Waals surface area contributed by atoms with Crippen LogP contribution in [0.3, 0.4) is 0 Å². The van der Waals surface area contributed by atoms with Crippen LogP contribution in [0.4, 0.5) is 0 Å². The van der Waals surface area contributed by atoms with Crippen molar-refractivity contribution in [3.05, 3.63) is 18.0 Å². The van der Waals surface area contributed by atoms with Crippen LogP contribution in [0.25, 0.3) is 0 Å². The van der Waals surface area contributed by atoms with Gasteiger partial charge in [-0.3, -0.25) is 4.68 Å². The number of aromatic nitrogens is 2. The molecule has 3 nitrogen and oxygen atoms in total. The fourth-order valence-electron chi connectivity index (χ4n) is 1.14. The van der Waals surface area contributed by atoms with Crippen LogP contribution < -0.4 is 5.73 Å². The average molecular weight is 167 g/mol. The average Bonchev–Trinajstić information content (AvgIpc) is 2.34. The summed E-state index contributed by atoms with van der Waals surface area (Å²) in [5.74, 6) is 0. The molecule has 1 aromatic heterocycles. The molecule has 3 heteroatoms. The van der Waals surface area contributed by atoms with Crippen molar-refractivity contribution in [2.75, 3.05) is 0 Å². The molecule has 0 saturated heterocycles. The highest BCUT2D eigenvalue weighted by atomic mass is 15.3. The van der Waals surface area contributed by atoms with Crippen molar-refractivity contribution in [3.63, 3.8) is 0 Å². The number of hydrogen-bond donors (Lipinski definition) is 1. The standard InChI is InChI=1S/C9H17N3/c1-7(2)12-6-9(5-11-12)4-8(3)10/h5-8H,4,10H2,1-3H3/t8-/m0/s1. The quantitative estimate of drug-likeness (QED) is 0.738. The van der Waals surface area contributed by atoms with Gasteiger partial charge >= 0.3 is 0 Å². The molecule has 0 radical (unpaired) electrons.